The Morgan fingerprint density at radius 3 is 1.79 bits per heavy atom. The molecule has 0 bridgehead atoms. The number of benzene rings is 2. The number of likely N-dealkylation sites (N-methyl/N-ethyl adjacent to an activating group) is 1. The Balaban J connectivity index is 1.84. The number of rotatable bonds is 8. The van der Waals surface area contributed by atoms with Gasteiger partial charge in [0.1, 0.15) is 11.6 Å². The first kappa shape index (κ1) is 24.5. The van der Waals surface area contributed by atoms with Crippen LogP contribution >= 0.6 is 0 Å². The molecule has 1 saturated carbocycles. The van der Waals surface area contributed by atoms with Crippen molar-refractivity contribution in [3.8, 4) is 0 Å². The van der Waals surface area contributed by atoms with Crippen LogP contribution < -0.4 is 5.32 Å². The van der Waals surface area contributed by atoms with Crippen LogP contribution in [0.3, 0.4) is 0 Å². The SMILES string of the molecule is CCN(CC)CCNC(=O)C1C/C(=C\c2ccc(F)cc2)C(=O)/C(=C/c2ccc(F)cc2)C1. The highest BCUT2D eigenvalue weighted by atomic mass is 19.1. The van der Waals surface area contributed by atoms with Crippen molar-refractivity contribution in [1.82, 2.24) is 10.2 Å². The van der Waals surface area contributed by atoms with Gasteiger partial charge < -0.3 is 10.2 Å². The first-order chi connectivity index (χ1) is 15.9. The molecule has 33 heavy (non-hydrogen) atoms. The third-order valence-electron chi connectivity index (χ3n) is 5.93. The molecule has 1 N–H and O–H groups in total. The van der Waals surface area contributed by atoms with Crippen molar-refractivity contribution in [3.63, 3.8) is 0 Å². The van der Waals surface area contributed by atoms with Gasteiger partial charge in [-0.3, -0.25) is 9.59 Å². The second-order valence-corrected chi connectivity index (χ2v) is 8.19. The lowest BCUT2D eigenvalue weighted by atomic mass is 9.79. The van der Waals surface area contributed by atoms with E-state index in [9.17, 15) is 18.4 Å². The largest absolute Gasteiger partial charge is 0.355 e. The van der Waals surface area contributed by atoms with Crippen LogP contribution in [0.1, 0.15) is 37.8 Å². The molecule has 174 valence electrons. The highest BCUT2D eigenvalue weighted by Crippen LogP contribution is 2.32. The lowest BCUT2D eigenvalue weighted by Gasteiger charge is -2.26. The number of amides is 1. The number of hydrogen-bond donors (Lipinski definition) is 1. The van der Waals surface area contributed by atoms with E-state index in [0.717, 1.165) is 19.6 Å². The minimum absolute atomic E-state index is 0.0929. The van der Waals surface area contributed by atoms with Crippen molar-refractivity contribution >= 4 is 23.8 Å². The summed E-state index contributed by atoms with van der Waals surface area (Å²) in [6, 6.07) is 11.8. The summed E-state index contributed by atoms with van der Waals surface area (Å²) < 4.78 is 26.6. The molecule has 0 heterocycles. The Kier molecular flexibility index (Phi) is 8.66. The first-order valence-corrected chi connectivity index (χ1v) is 11.4. The number of carbonyl (C=O) groups excluding carboxylic acids is 2. The Bertz CT molecular complexity index is 956. The van der Waals surface area contributed by atoms with Crippen molar-refractivity contribution in [3.05, 3.63) is 82.4 Å². The third kappa shape index (κ3) is 6.93. The molecule has 0 atom stereocenters. The van der Waals surface area contributed by atoms with Crippen LogP contribution in [0.15, 0.2) is 59.7 Å². The standard InChI is InChI=1S/C27H30F2N2O2/c1-3-31(4-2)14-13-30-27(33)23-17-21(15-19-5-9-24(28)10-6-19)26(32)22(18-23)16-20-7-11-25(29)12-8-20/h5-12,15-16,23H,3-4,13-14,17-18H2,1-2H3,(H,30,33)/b21-15+,22-16+. The quantitative estimate of drug-likeness (QED) is 0.582. The lowest BCUT2D eigenvalue weighted by Crippen LogP contribution is -2.39. The van der Waals surface area contributed by atoms with E-state index >= 15 is 0 Å². The number of nitrogens with one attached hydrogen (secondary N) is 1. The summed E-state index contributed by atoms with van der Waals surface area (Å²) >= 11 is 0. The zero-order valence-electron chi connectivity index (χ0n) is 19.1. The monoisotopic (exact) mass is 452 g/mol. The normalized spacial score (nSPS) is 18.8. The van der Waals surface area contributed by atoms with Gasteiger partial charge in [-0.2, -0.15) is 0 Å². The van der Waals surface area contributed by atoms with E-state index in [1.165, 1.54) is 24.3 Å². The average Bonchev–Trinajstić information content (AvgIpc) is 2.82. The van der Waals surface area contributed by atoms with Crippen molar-refractivity contribution in [1.29, 1.82) is 0 Å². The van der Waals surface area contributed by atoms with Gasteiger partial charge >= 0.3 is 0 Å². The molecule has 6 heteroatoms. The van der Waals surface area contributed by atoms with Crippen LogP contribution in [0, 0.1) is 17.6 Å². The second kappa shape index (κ2) is 11.7. The first-order valence-electron chi connectivity index (χ1n) is 11.4. The topological polar surface area (TPSA) is 49.4 Å². The minimum atomic E-state index is -0.391. The molecule has 1 aliphatic carbocycles. The molecule has 1 aliphatic rings. The van der Waals surface area contributed by atoms with E-state index in [2.05, 4.69) is 24.1 Å². The fourth-order valence-corrected chi connectivity index (χ4v) is 3.97. The van der Waals surface area contributed by atoms with E-state index in [1.807, 2.05) is 0 Å². The van der Waals surface area contributed by atoms with Gasteiger partial charge in [-0.05, 0) is 73.5 Å². The molecule has 0 aromatic heterocycles. The fourth-order valence-electron chi connectivity index (χ4n) is 3.97. The van der Waals surface area contributed by atoms with Gasteiger partial charge in [-0.1, -0.05) is 38.1 Å². The molecule has 1 amide bonds. The zero-order chi connectivity index (χ0) is 23.8. The molecule has 0 unspecified atom stereocenters. The summed E-state index contributed by atoms with van der Waals surface area (Å²) in [6.45, 7) is 7.30. The summed E-state index contributed by atoms with van der Waals surface area (Å²) in [4.78, 5) is 28.4. The number of hydrogen-bond acceptors (Lipinski definition) is 3. The molecular formula is C27H30F2N2O2. The number of allylic oxidation sites excluding steroid dienone is 2. The molecule has 2 aromatic carbocycles. The van der Waals surface area contributed by atoms with Crippen molar-refractivity contribution in [2.45, 2.75) is 26.7 Å². The van der Waals surface area contributed by atoms with Gasteiger partial charge in [0, 0.05) is 30.2 Å². The Morgan fingerprint density at radius 1 is 0.909 bits per heavy atom. The van der Waals surface area contributed by atoms with Gasteiger partial charge in [0.05, 0.1) is 0 Å². The Hall–Kier alpha value is -3.12. The molecule has 0 saturated heterocycles. The van der Waals surface area contributed by atoms with Crippen LogP contribution in [0.4, 0.5) is 8.78 Å². The molecule has 0 spiro atoms. The lowest BCUT2D eigenvalue weighted by molar-refractivity contribution is -0.125. The molecule has 4 nitrogen and oxygen atoms in total. The number of carbonyl (C=O) groups is 2. The van der Waals surface area contributed by atoms with Crippen molar-refractivity contribution in [2.75, 3.05) is 26.2 Å². The highest BCUT2D eigenvalue weighted by molar-refractivity contribution is 6.15. The van der Waals surface area contributed by atoms with Gasteiger partial charge in [-0.25, -0.2) is 8.78 Å². The molecule has 0 aliphatic heterocycles. The van der Waals surface area contributed by atoms with Crippen molar-refractivity contribution < 1.29 is 18.4 Å². The Morgan fingerprint density at radius 2 is 1.36 bits per heavy atom. The number of Topliss-reactive ketones (excluding diaryl/α,β-unsaturated/α-hetero) is 1. The predicted octanol–water partition coefficient (Wildman–Crippen LogP) is 4.87. The number of ketones is 1. The maximum Gasteiger partial charge on any atom is 0.223 e. The Labute approximate surface area is 194 Å². The average molecular weight is 453 g/mol. The number of halogens is 2. The van der Waals surface area contributed by atoms with Gasteiger partial charge in [0.2, 0.25) is 5.91 Å². The van der Waals surface area contributed by atoms with Crippen LogP contribution in [-0.2, 0) is 9.59 Å². The van der Waals surface area contributed by atoms with Gasteiger partial charge in [-0.15, -0.1) is 0 Å². The highest BCUT2D eigenvalue weighted by Gasteiger charge is 2.32. The van der Waals surface area contributed by atoms with E-state index in [4.69, 9.17) is 0 Å². The van der Waals surface area contributed by atoms with E-state index in [-0.39, 0.29) is 23.3 Å². The molecule has 3 rings (SSSR count). The summed E-state index contributed by atoms with van der Waals surface area (Å²) in [6.07, 6.45) is 4.06. The molecule has 0 radical (unpaired) electrons. The molecule has 1 fully saturated rings. The second-order valence-electron chi connectivity index (χ2n) is 8.19. The van der Waals surface area contributed by atoms with Crippen LogP contribution in [-0.4, -0.2) is 42.8 Å². The van der Waals surface area contributed by atoms with Crippen molar-refractivity contribution in [2.24, 2.45) is 5.92 Å². The maximum atomic E-state index is 13.3. The summed E-state index contributed by atoms with van der Waals surface area (Å²) in [7, 11) is 0. The van der Waals surface area contributed by atoms with Gasteiger partial charge in [0.15, 0.2) is 5.78 Å². The molecule has 2 aromatic rings. The van der Waals surface area contributed by atoms with Crippen LogP contribution in [0.5, 0.6) is 0 Å². The van der Waals surface area contributed by atoms with E-state index < -0.39 is 5.92 Å². The van der Waals surface area contributed by atoms with Crippen LogP contribution in [0.2, 0.25) is 0 Å². The summed E-state index contributed by atoms with van der Waals surface area (Å²) in [5.74, 6) is -1.33. The fraction of sp³-hybridized carbons (Fsp3) is 0.333. The minimum Gasteiger partial charge on any atom is -0.355 e. The van der Waals surface area contributed by atoms with Gasteiger partial charge in [0.25, 0.3) is 0 Å². The summed E-state index contributed by atoms with van der Waals surface area (Å²) in [5, 5.41) is 3.00. The third-order valence-corrected chi connectivity index (χ3v) is 5.93. The van der Waals surface area contributed by atoms with E-state index in [0.29, 0.717) is 41.7 Å². The van der Waals surface area contributed by atoms with E-state index in [1.54, 1.807) is 36.4 Å². The number of nitrogens with zero attached hydrogens (tertiary/aromatic N) is 1. The predicted molar refractivity (Wildman–Crippen MR) is 127 cm³/mol. The zero-order valence-corrected chi connectivity index (χ0v) is 19.1. The smallest absolute Gasteiger partial charge is 0.223 e. The van der Waals surface area contributed by atoms with Crippen LogP contribution in [0.25, 0.3) is 12.2 Å². The summed E-state index contributed by atoms with van der Waals surface area (Å²) in [5.41, 5.74) is 2.40. The maximum absolute atomic E-state index is 13.3. The molecular weight excluding hydrogens is 422 g/mol.